The first-order valence-electron chi connectivity index (χ1n) is 7.63. The Labute approximate surface area is 133 Å². The summed E-state index contributed by atoms with van der Waals surface area (Å²) < 4.78 is 12.2. The average molecular weight is 322 g/mol. The number of rotatable bonds is 2. The number of hydrogen-bond acceptors (Lipinski definition) is 2. The van der Waals surface area contributed by atoms with Gasteiger partial charge >= 0.3 is 7.12 Å². The lowest BCUT2D eigenvalue weighted by molar-refractivity contribution is 0.00578. The standard InChI is InChI=1S/C16H25BO2P2/c1-14(2)15(3,4)19-17(18-14)13-7-5-11(6-8-13)12-9-16(20,21)10-12/h5-8,12H,9-10,20-21H2,1-4H3. The van der Waals surface area contributed by atoms with E-state index in [1.165, 1.54) is 18.4 Å². The molecule has 2 nitrogen and oxygen atoms in total. The lowest BCUT2D eigenvalue weighted by Gasteiger charge is -2.42. The summed E-state index contributed by atoms with van der Waals surface area (Å²) in [7, 11) is 5.62. The van der Waals surface area contributed by atoms with Crippen molar-refractivity contribution in [1.82, 2.24) is 0 Å². The van der Waals surface area contributed by atoms with Gasteiger partial charge in [0.1, 0.15) is 0 Å². The summed E-state index contributed by atoms with van der Waals surface area (Å²) in [5, 5.41) is 0. The van der Waals surface area contributed by atoms with Crippen molar-refractivity contribution in [3.63, 3.8) is 0 Å². The highest BCUT2D eigenvalue weighted by molar-refractivity contribution is 7.40. The molecule has 0 radical (unpaired) electrons. The summed E-state index contributed by atoms with van der Waals surface area (Å²) in [4.78, 5) is 0.356. The van der Waals surface area contributed by atoms with Gasteiger partial charge in [-0.25, -0.2) is 0 Å². The molecular weight excluding hydrogens is 297 g/mol. The van der Waals surface area contributed by atoms with Crippen molar-refractivity contribution < 1.29 is 9.31 Å². The summed E-state index contributed by atoms with van der Waals surface area (Å²) in [5.41, 5.74) is 1.99. The summed E-state index contributed by atoms with van der Waals surface area (Å²) in [6, 6.07) is 8.78. The molecule has 1 heterocycles. The molecule has 0 aromatic heterocycles. The summed E-state index contributed by atoms with van der Waals surface area (Å²) in [6.07, 6.45) is 2.44. The molecule has 0 amide bonds. The van der Waals surface area contributed by atoms with Crippen LogP contribution < -0.4 is 5.46 Å². The van der Waals surface area contributed by atoms with Crippen LogP contribution in [0.3, 0.4) is 0 Å². The largest absolute Gasteiger partial charge is 0.494 e. The molecule has 1 aliphatic heterocycles. The minimum atomic E-state index is -0.275. The molecule has 1 aromatic rings. The number of hydrogen-bond donors (Lipinski definition) is 0. The maximum atomic E-state index is 6.09. The van der Waals surface area contributed by atoms with Crippen LogP contribution in [0.15, 0.2) is 24.3 Å². The molecule has 2 aliphatic rings. The molecule has 0 N–H and O–H groups in total. The van der Waals surface area contributed by atoms with E-state index in [1.54, 1.807) is 0 Å². The van der Waals surface area contributed by atoms with Crippen LogP contribution in [0.4, 0.5) is 0 Å². The van der Waals surface area contributed by atoms with Gasteiger partial charge in [0.05, 0.1) is 11.2 Å². The van der Waals surface area contributed by atoms with Gasteiger partial charge in [0.25, 0.3) is 0 Å². The van der Waals surface area contributed by atoms with Crippen molar-refractivity contribution in [2.24, 2.45) is 0 Å². The molecule has 2 fully saturated rings. The maximum absolute atomic E-state index is 6.09. The van der Waals surface area contributed by atoms with Gasteiger partial charge in [-0.15, -0.1) is 18.5 Å². The Bertz CT molecular complexity index is 516. The van der Waals surface area contributed by atoms with E-state index >= 15 is 0 Å². The van der Waals surface area contributed by atoms with Gasteiger partial charge in [0, 0.05) is 4.90 Å². The molecule has 1 saturated carbocycles. The second-order valence-electron chi connectivity index (χ2n) is 7.59. The molecule has 2 unspecified atom stereocenters. The molecule has 1 saturated heterocycles. The topological polar surface area (TPSA) is 18.5 Å². The van der Waals surface area contributed by atoms with Crippen molar-refractivity contribution >= 4 is 31.1 Å². The smallest absolute Gasteiger partial charge is 0.399 e. The van der Waals surface area contributed by atoms with Crippen LogP contribution in [-0.4, -0.2) is 23.2 Å². The van der Waals surface area contributed by atoms with Crippen LogP contribution in [0.25, 0.3) is 0 Å². The van der Waals surface area contributed by atoms with Crippen LogP contribution in [0, 0.1) is 0 Å². The summed E-state index contributed by atoms with van der Waals surface area (Å²) in [6.45, 7) is 8.36. The third kappa shape index (κ3) is 2.96. The minimum Gasteiger partial charge on any atom is -0.399 e. The van der Waals surface area contributed by atoms with Crippen molar-refractivity contribution in [2.45, 2.75) is 62.6 Å². The first-order valence-corrected chi connectivity index (χ1v) is 8.78. The molecule has 0 bridgehead atoms. The fourth-order valence-corrected chi connectivity index (χ4v) is 4.14. The van der Waals surface area contributed by atoms with Crippen LogP contribution in [-0.2, 0) is 9.31 Å². The third-order valence-electron chi connectivity index (χ3n) is 5.19. The van der Waals surface area contributed by atoms with Crippen LogP contribution in [0.5, 0.6) is 0 Å². The lowest BCUT2D eigenvalue weighted by atomic mass is 9.75. The zero-order chi connectivity index (χ0) is 15.5. The fraction of sp³-hybridized carbons (Fsp3) is 0.625. The zero-order valence-electron chi connectivity index (χ0n) is 13.3. The first kappa shape index (κ1) is 15.9. The fourth-order valence-electron chi connectivity index (χ4n) is 3.00. The summed E-state index contributed by atoms with van der Waals surface area (Å²) >= 11 is 0. The molecule has 1 aliphatic carbocycles. The van der Waals surface area contributed by atoms with Gasteiger partial charge in [-0.05, 0) is 57.5 Å². The van der Waals surface area contributed by atoms with Crippen molar-refractivity contribution in [3.05, 3.63) is 29.8 Å². The molecule has 114 valence electrons. The average Bonchev–Trinajstić information content (AvgIpc) is 2.56. The second kappa shape index (κ2) is 5.03. The van der Waals surface area contributed by atoms with Gasteiger partial charge in [-0.3, -0.25) is 0 Å². The highest BCUT2D eigenvalue weighted by Crippen LogP contribution is 2.54. The van der Waals surface area contributed by atoms with Crippen LogP contribution >= 0.6 is 18.5 Å². The Morgan fingerprint density at radius 1 is 0.952 bits per heavy atom. The molecule has 21 heavy (non-hydrogen) atoms. The minimum absolute atomic E-state index is 0.256. The van der Waals surface area contributed by atoms with E-state index in [0.29, 0.717) is 10.8 Å². The van der Waals surface area contributed by atoms with Gasteiger partial charge in [-0.1, -0.05) is 24.3 Å². The lowest BCUT2D eigenvalue weighted by Crippen LogP contribution is -2.41. The van der Waals surface area contributed by atoms with E-state index in [1.807, 2.05) is 0 Å². The van der Waals surface area contributed by atoms with Crippen molar-refractivity contribution in [2.75, 3.05) is 0 Å². The highest BCUT2D eigenvalue weighted by atomic mass is 31.1. The predicted octanol–water partition coefficient (Wildman–Crippen LogP) is 3.31. The Balaban J connectivity index is 1.71. The molecule has 0 spiro atoms. The predicted molar refractivity (Wildman–Crippen MR) is 96.3 cm³/mol. The molecular formula is C16H25BO2P2. The monoisotopic (exact) mass is 322 g/mol. The van der Waals surface area contributed by atoms with E-state index in [9.17, 15) is 0 Å². The summed E-state index contributed by atoms with van der Waals surface area (Å²) in [5.74, 6) is 0.687. The van der Waals surface area contributed by atoms with Crippen LogP contribution in [0.1, 0.15) is 52.0 Å². The second-order valence-corrected chi connectivity index (χ2v) is 10.6. The Morgan fingerprint density at radius 2 is 1.43 bits per heavy atom. The van der Waals surface area contributed by atoms with Gasteiger partial charge < -0.3 is 9.31 Å². The van der Waals surface area contributed by atoms with E-state index in [4.69, 9.17) is 9.31 Å². The first-order chi connectivity index (χ1) is 9.60. The van der Waals surface area contributed by atoms with Crippen LogP contribution in [0.2, 0.25) is 0 Å². The normalized spacial score (nSPS) is 26.7. The van der Waals surface area contributed by atoms with E-state index < -0.39 is 0 Å². The van der Waals surface area contributed by atoms with Gasteiger partial charge in [0.15, 0.2) is 0 Å². The Hall–Kier alpha value is 0.0649. The van der Waals surface area contributed by atoms with Crippen molar-refractivity contribution in [1.29, 1.82) is 0 Å². The molecule has 2 atom stereocenters. The quantitative estimate of drug-likeness (QED) is 0.614. The SMILES string of the molecule is CC1(C)OB(c2ccc(C3CC(P)(P)C3)cc2)OC1(C)C. The Morgan fingerprint density at radius 3 is 1.86 bits per heavy atom. The van der Waals surface area contributed by atoms with E-state index in [-0.39, 0.29) is 18.3 Å². The van der Waals surface area contributed by atoms with Crippen molar-refractivity contribution in [3.8, 4) is 0 Å². The van der Waals surface area contributed by atoms with Gasteiger partial charge in [-0.2, -0.15) is 0 Å². The number of benzene rings is 1. The Kier molecular flexibility index (Phi) is 3.82. The molecule has 5 heteroatoms. The molecule has 1 aromatic carbocycles. The highest BCUT2D eigenvalue weighted by Gasteiger charge is 2.51. The maximum Gasteiger partial charge on any atom is 0.494 e. The third-order valence-corrected chi connectivity index (χ3v) is 6.13. The van der Waals surface area contributed by atoms with E-state index in [2.05, 4.69) is 70.4 Å². The van der Waals surface area contributed by atoms with E-state index in [0.717, 1.165) is 5.46 Å². The molecule has 3 rings (SSSR count). The zero-order valence-corrected chi connectivity index (χ0v) is 15.7. The van der Waals surface area contributed by atoms with Gasteiger partial charge in [0.2, 0.25) is 0 Å².